The van der Waals surface area contributed by atoms with Crippen LogP contribution in [0.2, 0.25) is 0 Å². The molecule has 136 valence electrons. The highest BCUT2D eigenvalue weighted by molar-refractivity contribution is 7.88. The second kappa shape index (κ2) is 6.41. The van der Waals surface area contributed by atoms with E-state index < -0.39 is 16.1 Å². The van der Waals surface area contributed by atoms with Gasteiger partial charge in [-0.05, 0) is 30.0 Å². The SMILES string of the molecule is CS(=O)(=O)N[C@@H]1CCN2C(=O)Oc3ccccc3-c3cccc(c3)CC12. The smallest absolute Gasteiger partial charge is 0.410 e. The number of amides is 1. The Balaban J connectivity index is 1.78. The maximum absolute atomic E-state index is 12.8. The predicted molar refractivity (Wildman–Crippen MR) is 98.5 cm³/mol. The summed E-state index contributed by atoms with van der Waals surface area (Å²) in [6.07, 6.45) is 1.84. The molecule has 2 aliphatic heterocycles. The minimum absolute atomic E-state index is 0.280. The van der Waals surface area contributed by atoms with Gasteiger partial charge in [-0.25, -0.2) is 17.9 Å². The minimum atomic E-state index is -3.36. The number of para-hydroxylation sites is 1. The number of carbonyl (C=O) groups is 1. The highest BCUT2D eigenvalue weighted by atomic mass is 32.2. The lowest BCUT2D eigenvalue weighted by Gasteiger charge is -2.29. The van der Waals surface area contributed by atoms with E-state index in [2.05, 4.69) is 10.8 Å². The lowest BCUT2D eigenvalue weighted by atomic mass is 9.96. The number of rotatable bonds is 2. The van der Waals surface area contributed by atoms with Gasteiger partial charge in [0, 0.05) is 18.2 Å². The van der Waals surface area contributed by atoms with E-state index in [0.29, 0.717) is 25.1 Å². The first-order chi connectivity index (χ1) is 12.4. The zero-order valence-corrected chi connectivity index (χ0v) is 15.2. The zero-order valence-electron chi connectivity index (χ0n) is 14.4. The summed E-state index contributed by atoms with van der Waals surface area (Å²) in [5, 5.41) is 0. The molecule has 1 saturated heterocycles. The molecular weight excluding hydrogens is 352 g/mol. The van der Waals surface area contributed by atoms with Crippen LogP contribution in [0, 0.1) is 0 Å². The molecule has 1 unspecified atom stereocenters. The number of ether oxygens (including phenoxy) is 1. The van der Waals surface area contributed by atoms with Crippen molar-refractivity contribution in [3.8, 4) is 16.9 Å². The van der Waals surface area contributed by atoms with Crippen molar-refractivity contribution in [1.82, 2.24) is 9.62 Å². The third kappa shape index (κ3) is 3.32. The van der Waals surface area contributed by atoms with Gasteiger partial charge in [-0.1, -0.05) is 42.5 Å². The maximum atomic E-state index is 12.8. The fraction of sp³-hybridized carbons (Fsp3) is 0.316. The van der Waals surface area contributed by atoms with Gasteiger partial charge in [-0.3, -0.25) is 0 Å². The molecule has 2 aromatic rings. The summed E-state index contributed by atoms with van der Waals surface area (Å²) in [6, 6.07) is 14.9. The Morgan fingerprint density at radius 2 is 1.96 bits per heavy atom. The van der Waals surface area contributed by atoms with Gasteiger partial charge in [-0.2, -0.15) is 0 Å². The molecule has 0 saturated carbocycles. The molecular formula is C19H20N2O4S. The van der Waals surface area contributed by atoms with Gasteiger partial charge in [-0.15, -0.1) is 0 Å². The molecule has 2 bridgehead atoms. The van der Waals surface area contributed by atoms with E-state index in [-0.39, 0.29) is 12.1 Å². The fourth-order valence-corrected chi connectivity index (χ4v) is 4.62. The molecule has 0 radical (unpaired) electrons. The van der Waals surface area contributed by atoms with Crippen LogP contribution in [0.5, 0.6) is 5.75 Å². The summed E-state index contributed by atoms with van der Waals surface area (Å²) in [7, 11) is -3.36. The van der Waals surface area contributed by atoms with Gasteiger partial charge >= 0.3 is 6.09 Å². The molecule has 1 amide bonds. The number of nitrogens with one attached hydrogen (secondary N) is 1. The second-order valence-electron chi connectivity index (χ2n) is 6.81. The molecule has 26 heavy (non-hydrogen) atoms. The molecule has 7 heteroatoms. The first-order valence-electron chi connectivity index (χ1n) is 8.55. The van der Waals surface area contributed by atoms with Gasteiger partial charge in [0.1, 0.15) is 5.75 Å². The van der Waals surface area contributed by atoms with Crippen LogP contribution in [-0.2, 0) is 16.4 Å². The molecule has 0 aliphatic carbocycles. The number of sulfonamides is 1. The molecule has 2 aliphatic rings. The van der Waals surface area contributed by atoms with Gasteiger partial charge in [0.15, 0.2) is 0 Å². The quantitative estimate of drug-likeness (QED) is 0.878. The van der Waals surface area contributed by atoms with Crippen molar-refractivity contribution in [3.05, 3.63) is 54.1 Å². The van der Waals surface area contributed by atoms with E-state index in [1.165, 1.54) is 0 Å². The van der Waals surface area contributed by atoms with Crippen LogP contribution >= 0.6 is 0 Å². The van der Waals surface area contributed by atoms with Crippen LogP contribution < -0.4 is 9.46 Å². The van der Waals surface area contributed by atoms with Crippen molar-refractivity contribution in [1.29, 1.82) is 0 Å². The Hall–Kier alpha value is -2.38. The van der Waals surface area contributed by atoms with E-state index >= 15 is 0 Å². The van der Waals surface area contributed by atoms with Crippen LogP contribution in [0.4, 0.5) is 4.79 Å². The van der Waals surface area contributed by atoms with E-state index in [1.807, 2.05) is 36.4 Å². The normalized spacial score (nSPS) is 22.3. The lowest BCUT2D eigenvalue weighted by molar-refractivity contribution is 0.144. The van der Waals surface area contributed by atoms with Crippen molar-refractivity contribution < 1.29 is 17.9 Å². The Bertz CT molecular complexity index is 958. The number of hydrogen-bond donors (Lipinski definition) is 1. The Kier molecular flexibility index (Phi) is 4.20. The van der Waals surface area contributed by atoms with Gasteiger partial charge in [0.25, 0.3) is 0 Å². The molecule has 6 nitrogen and oxygen atoms in total. The molecule has 4 rings (SSSR count). The van der Waals surface area contributed by atoms with E-state index in [9.17, 15) is 13.2 Å². The van der Waals surface area contributed by atoms with Crippen LogP contribution in [0.3, 0.4) is 0 Å². The van der Waals surface area contributed by atoms with Gasteiger partial charge in [0.2, 0.25) is 10.0 Å². The molecule has 2 atom stereocenters. The van der Waals surface area contributed by atoms with Gasteiger partial charge in [0.05, 0.1) is 12.3 Å². The standard InChI is InChI=1S/C19H20N2O4S/c1-26(23,24)20-16-9-10-21-17(16)12-13-5-4-6-14(11-13)15-7-2-3-8-18(15)25-19(21)22/h2-8,11,16-17,20H,9-10,12H2,1H3/t16-,17?/m1/s1. The summed E-state index contributed by atoms with van der Waals surface area (Å²) in [5.41, 5.74) is 2.90. The van der Waals surface area contributed by atoms with Crippen LogP contribution in [0.1, 0.15) is 12.0 Å². The fourth-order valence-electron chi connectivity index (χ4n) is 3.80. The Labute approximate surface area is 152 Å². The van der Waals surface area contributed by atoms with Crippen LogP contribution in [-0.4, -0.2) is 44.3 Å². The van der Waals surface area contributed by atoms with Crippen molar-refractivity contribution >= 4 is 16.1 Å². The number of benzene rings is 2. The zero-order chi connectivity index (χ0) is 18.3. The average Bonchev–Trinajstić information content (AvgIpc) is 2.96. The Morgan fingerprint density at radius 1 is 1.15 bits per heavy atom. The third-order valence-corrected chi connectivity index (χ3v) is 5.64. The summed E-state index contributed by atoms with van der Waals surface area (Å²) in [4.78, 5) is 14.4. The summed E-state index contributed by atoms with van der Waals surface area (Å²) < 4.78 is 31.8. The third-order valence-electron chi connectivity index (χ3n) is 4.91. The van der Waals surface area contributed by atoms with E-state index in [1.54, 1.807) is 11.0 Å². The number of hydrogen-bond acceptors (Lipinski definition) is 4. The first kappa shape index (κ1) is 17.1. The average molecular weight is 372 g/mol. The largest absolute Gasteiger partial charge is 0.415 e. The van der Waals surface area contributed by atoms with E-state index in [4.69, 9.17) is 4.74 Å². The maximum Gasteiger partial charge on any atom is 0.415 e. The molecule has 2 aromatic carbocycles. The Morgan fingerprint density at radius 3 is 2.77 bits per heavy atom. The van der Waals surface area contributed by atoms with Gasteiger partial charge < -0.3 is 9.64 Å². The number of carbonyl (C=O) groups excluding carboxylic acids is 1. The number of nitrogens with zero attached hydrogens (tertiary/aromatic N) is 1. The highest BCUT2D eigenvalue weighted by Gasteiger charge is 2.40. The summed E-state index contributed by atoms with van der Waals surface area (Å²) in [5.74, 6) is 0.509. The first-order valence-corrected chi connectivity index (χ1v) is 10.4. The van der Waals surface area contributed by atoms with Crippen molar-refractivity contribution in [2.24, 2.45) is 0 Å². The molecule has 1 N–H and O–H groups in total. The monoisotopic (exact) mass is 372 g/mol. The lowest BCUT2D eigenvalue weighted by Crippen LogP contribution is -2.48. The molecule has 2 heterocycles. The minimum Gasteiger partial charge on any atom is -0.410 e. The van der Waals surface area contributed by atoms with Crippen molar-refractivity contribution in [3.63, 3.8) is 0 Å². The predicted octanol–water partition coefficient (Wildman–Crippen LogP) is 2.40. The molecule has 0 spiro atoms. The molecule has 0 aromatic heterocycles. The van der Waals surface area contributed by atoms with Crippen molar-refractivity contribution in [2.75, 3.05) is 12.8 Å². The van der Waals surface area contributed by atoms with Crippen LogP contribution in [0.15, 0.2) is 48.5 Å². The summed E-state index contributed by atoms with van der Waals surface area (Å²) >= 11 is 0. The molecule has 1 fully saturated rings. The number of fused-ring (bicyclic) bond motifs is 5. The second-order valence-corrected chi connectivity index (χ2v) is 8.59. The highest BCUT2D eigenvalue weighted by Crippen LogP contribution is 2.34. The summed E-state index contributed by atoms with van der Waals surface area (Å²) in [6.45, 7) is 0.457. The topological polar surface area (TPSA) is 75.7 Å². The van der Waals surface area contributed by atoms with Crippen molar-refractivity contribution in [2.45, 2.75) is 24.9 Å². The van der Waals surface area contributed by atoms with E-state index in [0.717, 1.165) is 22.9 Å². The van der Waals surface area contributed by atoms with Crippen LogP contribution in [0.25, 0.3) is 11.1 Å².